The van der Waals surface area contributed by atoms with E-state index in [1.54, 1.807) is 17.6 Å². The van der Waals surface area contributed by atoms with E-state index in [0.717, 1.165) is 16.1 Å². The van der Waals surface area contributed by atoms with Crippen LogP contribution in [0.1, 0.15) is 17.4 Å². The number of rotatable bonds is 5. The summed E-state index contributed by atoms with van der Waals surface area (Å²) in [5.74, 6) is -0.124. The lowest BCUT2D eigenvalue weighted by Gasteiger charge is -2.02. The number of carbonyl (C=O) groups is 1. The van der Waals surface area contributed by atoms with Crippen molar-refractivity contribution in [3.8, 4) is 11.3 Å². The number of nitrogens with one attached hydrogen (secondary N) is 2. The van der Waals surface area contributed by atoms with Crippen molar-refractivity contribution >= 4 is 44.9 Å². The Morgan fingerprint density at radius 2 is 2.04 bits per heavy atom. The quantitative estimate of drug-likeness (QED) is 0.519. The van der Waals surface area contributed by atoms with Crippen LogP contribution in [-0.2, 0) is 4.79 Å². The molecule has 0 aliphatic carbocycles. The van der Waals surface area contributed by atoms with Crippen LogP contribution < -0.4 is 10.7 Å². The molecule has 5 nitrogen and oxygen atoms in total. The zero-order chi connectivity index (χ0) is 16.9. The SMILES string of the molecule is CC(=O)Nc1sc(N/N=C\c2cccs2)nc1-c1ccc(C)cc1. The lowest BCUT2D eigenvalue weighted by molar-refractivity contribution is -0.114. The van der Waals surface area contributed by atoms with E-state index < -0.39 is 0 Å². The van der Waals surface area contributed by atoms with Gasteiger partial charge in [-0.25, -0.2) is 4.98 Å². The minimum atomic E-state index is -0.124. The second kappa shape index (κ2) is 7.37. The largest absolute Gasteiger partial charge is 0.316 e. The molecule has 24 heavy (non-hydrogen) atoms. The van der Waals surface area contributed by atoms with Crippen molar-refractivity contribution in [1.29, 1.82) is 0 Å². The first-order valence-electron chi connectivity index (χ1n) is 7.30. The van der Waals surface area contributed by atoms with Crippen molar-refractivity contribution < 1.29 is 4.79 Å². The van der Waals surface area contributed by atoms with Gasteiger partial charge in [0.15, 0.2) is 0 Å². The molecule has 3 aromatic rings. The second-order valence-electron chi connectivity index (χ2n) is 5.13. The van der Waals surface area contributed by atoms with Gasteiger partial charge < -0.3 is 5.32 Å². The van der Waals surface area contributed by atoms with Crippen LogP contribution in [0.2, 0.25) is 0 Å². The lowest BCUT2D eigenvalue weighted by atomic mass is 10.1. The molecule has 0 spiro atoms. The minimum Gasteiger partial charge on any atom is -0.316 e. The molecule has 2 N–H and O–H groups in total. The molecule has 2 heterocycles. The molecule has 1 aromatic carbocycles. The summed E-state index contributed by atoms with van der Waals surface area (Å²) in [4.78, 5) is 17.1. The average molecular weight is 356 g/mol. The van der Waals surface area contributed by atoms with Crippen LogP contribution in [0, 0.1) is 6.92 Å². The predicted octanol–water partition coefficient (Wildman–Crippen LogP) is 4.58. The number of thiophene rings is 1. The van der Waals surface area contributed by atoms with Crippen LogP contribution in [0.5, 0.6) is 0 Å². The first kappa shape index (κ1) is 16.4. The highest BCUT2D eigenvalue weighted by Crippen LogP contribution is 2.36. The number of hydrazone groups is 1. The summed E-state index contributed by atoms with van der Waals surface area (Å²) in [6.45, 7) is 3.52. The molecule has 3 rings (SSSR count). The highest BCUT2D eigenvalue weighted by Gasteiger charge is 2.14. The van der Waals surface area contributed by atoms with Crippen LogP contribution in [0.4, 0.5) is 10.1 Å². The Kier molecular flexibility index (Phi) is 5.02. The number of hydrogen-bond acceptors (Lipinski definition) is 6. The molecule has 0 aliphatic rings. The Morgan fingerprint density at radius 1 is 1.25 bits per heavy atom. The maximum absolute atomic E-state index is 11.4. The van der Waals surface area contributed by atoms with Crippen LogP contribution in [0.15, 0.2) is 46.9 Å². The van der Waals surface area contributed by atoms with E-state index in [0.29, 0.717) is 10.1 Å². The van der Waals surface area contributed by atoms with Crippen molar-refractivity contribution in [2.75, 3.05) is 10.7 Å². The Labute approximate surface area is 148 Å². The molecule has 0 saturated heterocycles. The van der Waals surface area contributed by atoms with Crippen molar-refractivity contribution in [2.24, 2.45) is 5.10 Å². The summed E-state index contributed by atoms with van der Waals surface area (Å²) in [6.07, 6.45) is 1.75. The van der Waals surface area contributed by atoms with Crippen LogP contribution in [-0.4, -0.2) is 17.1 Å². The smallest absolute Gasteiger partial charge is 0.221 e. The molecule has 7 heteroatoms. The van der Waals surface area contributed by atoms with E-state index in [2.05, 4.69) is 20.8 Å². The van der Waals surface area contributed by atoms with Crippen LogP contribution in [0.25, 0.3) is 11.3 Å². The van der Waals surface area contributed by atoms with Gasteiger partial charge in [-0.2, -0.15) is 5.10 Å². The first-order chi connectivity index (χ1) is 11.6. The van der Waals surface area contributed by atoms with Gasteiger partial charge in [0.25, 0.3) is 0 Å². The summed E-state index contributed by atoms with van der Waals surface area (Å²) in [6, 6.07) is 12.0. The van der Waals surface area contributed by atoms with Gasteiger partial charge in [-0.1, -0.05) is 47.2 Å². The number of anilines is 2. The van der Waals surface area contributed by atoms with Crippen LogP contribution >= 0.6 is 22.7 Å². The normalized spacial score (nSPS) is 10.9. The number of thiazole rings is 1. The second-order valence-corrected chi connectivity index (χ2v) is 7.11. The van der Waals surface area contributed by atoms with Gasteiger partial charge in [-0.05, 0) is 18.4 Å². The zero-order valence-corrected chi connectivity index (χ0v) is 14.9. The molecule has 0 aliphatic heterocycles. The van der Waals surface area contributed by atoms with E-state index in [4.69, 9.17) is 0 Å². The van der Waals surface area contributed by atoms with Crippen molar-refractivity contribution in [2.45, 2.75) is 13.8 Å². The van der Waals surface area contributed by atoms with Gasteiger partial charge in [0.05, 0.1) is 6.21 Å². The molecular formula is C17H16N4OS2. The molecule has 0 radical (unpaired) electrons. The van der Waals surface area contributed by atoms with Crippen molar-refractivity contribution in [3.05, 3.63) is 52.2 Å². The number of carbonyl (C=O) groups excluding carboxylic acids is 1. The fourth-order valence-electron chi connectivity index (χ4n) is 2.04. The van der Waals surface area contributed by atoms with Gasteiger partial charge in [0.2, 0.25) is 11.0 Å². The van der Waals surface area contributed by atoms with E-state index in [1.807, 2.05) is 48.7 Å². The van der Waals surface area contributed by atoms with Gasteiger partial charge >= 0.3 is 0 Å². The van der Waals surface area contributed by atoms with Gasteiger partial charge in [0.1, 0.15) is 10.7 Å². The van der Waals surface area contributed by atoms with E-state index in [-0.39, 0.29) is 5.91 Å². The van der Waals surface area contributed by atoms with Gasteiger partial charge in [0, 0.05) is 17.4 Å². The number of aromatic nitrogens is 1. The van der Waals surface area contributed by atoms with E-state index >= 15 is 0 Å². The van der Waals surface area contributed by atoms with Crippen LogP contribution in [0.3, 0.4) is 0 Å². The fourth-order valence-corrected chi connectivity index (χ4v) is 3.50. The fraction of sp³-hybridized carbons (Fsp3) is 0.118. The third-order valence-electron chi connectivity index (χ3n) is 3.14. The van der Waals surface area contributed by atoms with Crippen molar-refractivity contribution in [1.82, 2.24) is 4.98 Å². The monoisotopic (exact) mass is 356 g/mol. The highest BCUT2D eigenvalue weighted by atomic mass is 32.1. The molecule has 0 saturated carbocycles. The molecule has 122 valence electrons. The molecule has 0 bridgehead atoms. The molecule has 1 amide bonds. The van der Waals surface area contributed by atoms with Gasteiger partial charge in [-0.15, -0.1) is 11.3 Å². The summed E-state index contributed by atoms with van der Waals surface area (Å²) in [5.41, 5.74) is 5.80. The Bertz CT molecular complexity index is 851. The lowest BCUT2D eigenvalue weighted by Crippen LogP contribution is -2.05. The molecule has 0 fully saturated rings. The topological polar surface area (TPSA) is 66.4 Å². The summed E-state index contributed by atoms with van der Waals surface area (Å²) < 4.78 is 0. The Morgan fingerprint density at radius 3 is 2.71 bits per heavy atom. The number of aryl methyl sites for hydroxylation is 1. The van der Waals surface area contributed by atoms with E-state index in [1.165, 1.54) is 23.8 Å². The standard InChI is InChI=1S/C17H16N4OS2/c1-11-5-7-13(8-6-11)15-16(19-12(2)22)24-17(20-15)21-18-10-14-4-3-9-23-14/h3-10H,1-2H3,(H,19,22)(H,20,21)/b18-10-. The third-order valence-corrected chi connectivity index (χ3v) is 4.82. The Hall–Kier alpha value is -2.51. The Balaban J connectivity index is 1.85. The van der Waals surface area contributed by atoms with Crippen molar-refractivity contribution in [3.63, 3.8) is 0 Å². The van der Waals surface area contributed by atoms with Gasteiger partial charge in [-0.3, -0.25) is 10.2 Å². The minimum absolute atomic E-state index is 0.124. The summed E-state index contributed by atoms with van der Waals surface area (Å²) in [7, 11) is 0. The third kappa shape index (κ3) is 4.06. The summed E-state index contributed by atoms with van der Waals surface area (Å²) >= 11 is 2.97. The number of hydrogen-bond donors (Lipinski definition) is 2. The predicted molar refractivity (Wildman–Crippen MR) is 102 cm³/mol. The number of nitrogens with zero attached hydrogens (tertiary/aromatic N) is 2. The average Bonchev–Trinajstić information content (AvgIpc) is 3.18. The van der Waals surface area contributed by atoms with E-state index in [9.17, 15) is 4.79 Å². The number of amides is 1. The molecule has 2 aromatic heterocycles. The zero-order valence-electron chi connectivity index (χ0n) is 13.2. The summed E-state index contributed by atoms with van der Waals surface area (Å²) in [5, 5.41) is 10.4. The molecule has 0 atom stereocenters. The maximum Gasteiger partial charge on any atom is 0.221 e. The molecular weight excluding hydrogens is 340 g/mol. The maximum atomic E-state index is 11.4. The first-order valence-corrected chi connectivity index (χ1v) is 8.99. The number of benzene rings is 1. The molecule has 0 unspecified atom stereocenters. The highest BCUT2D eigenvalue weighted by molar-refractivity contribution is 7.20.